The minimum atomic E-state index is -2.33. The Morgan fingerprint density at radius 2 is 1.45 bits per heavy atom. The van der Waals surface area contributed by atoms with E-state index in [0.717, 1.165) is 28.2 Å². The zero-order valence-corrected chi connectivity index (χ0v) is 33.6. The number of methoxy groups -OCH3 is 2. The summed E-state index contributed by atoms with van der Waals surface area (Å²) in [4.78, 5) is 29.1. The SMILES string of the molecule is COc1ccc(C(OC[C@H]2O[C@@H](n3ccc(NC(C)=O)nc3=O)[C@H]([Se]C)[C@@H]2O[Si](C)(C)C(C)(C)C)(c2ccccc2)c2ccc(OC)cc2)cc1. The molecule has 4 aromatic rings. The fourth-order valence-corrected chi connectivity index (χ4v) is 9.61. The van der Waals surface area contributed by atoms with Gasteiger partial charge in [0, 0.05) is 0 Å². The van der Waals surface area contributed by atoms with Crippen molar-refractivity contribution in [3.8, 4) is 11.5 Å². The molecule has 2 heterocycles. The number of benzene rings is 3. The third-order valence-corrected chi connectivity index (χ3v) is 16.5. The molecule has 1 aromatic heterocycles. The summed E-state index contributed by atoms with van der Waals surface area (Å²) in [6.45, 7) is 12.6. The minimum absolute atomic E-state index is 0.00464. The molecule has 0 bridgehead atoms. The Kier molecular flexibility index (Phi) is 12.0. The molecule has 0 aliphatic carbocycles. The standard InChI is InChI=1S/C39H49N3O7SeSi/c1-26(43)40-33-23-24-42(37(44)41-33)36-35(50-7)34(49-51(8,9)38(2,3)4)32(48-36)25-47-39(27-13-11-10-12-14-27,28-15-19-30(45-5)20-16-28)29-17-21-31(46-6)22-18-29/h10-24,32,34-36H,25H2,1-9H3,(H,40,41,43,44)/t32-,34-,35-,36-/m1/s1. The predicted octanol–water partition coefficient (Wildman–Crippen LogP) is 7.06. The van der Waals surface area contributed by atoms with E-state index in [1.807, 2.05) is 66.7 Å². The van der Waals surface area contributed by atoms with Crippen LogP contribution in [0.2, 0.25) is 28.8 Å². The Balaban J connectivity index is 1.62. The number of carbonyl (C=O) groups is 1. The van der Waals surface area contributed by atoms with E-state index in [-0.39, 0.29) is 49.2 Å². The molecule has 1 aliphatic rings. The van der Waals surface area contributed by atoms with Gasteiger partial charge in [-0.1, -0.05) is 0 Å². The van der Waals surface area contributed by atoms with Crippen LogP contribution in [0.1, 0.15) is 50.6 Å². The van der Waals surface area contributed by atoms with Crippen LogP contribution in [0, 0.1) is 0 Å². The Hall–Kier alpha value is -3.77. The fraction of sp³-hybridized carbons (Fsp3) is 0.410. The molecule has 0 radical (unpaired) electrons. The van der Waals surface area contributed by atoms with Crippen molar-refractivity contribution in [2.45, 2.75) is 80.5 Å². The summed E-state index contributed by atoms with van der Waals surface area (Å²) in [6, 6.07) is 27.6. The monoisotopic (exact) mass is 779 g/mol. The number of aromatic nitrogens is 2. The number of rotatable bonds is 13. The maximum atomic E-state index is 13.4. The first kappa shape index (κ1) is 38.5. The van der Waals surface area contributed by atoms with E-state index in [1.54, 1.807) is 26.5 Å². The molecular formula is C39H49N3O7SeSi. The Morgan fingerprint density at radius 3 is 1.92 bits per heavy atom. The summed E-state index contributed by atoms with van der Waals surface area (Å²) in [5, 5.41) is 2.53. The van der Waals surface area contributed by atoms with Crippen molar-refractivity contribution < 1.29 is 28.2 Å². The van der Waals surface area contributed by atoms with Crippen molar-refractivity contribution in [2.75, 3.05) is 26.1 Å². The van der Waals surface area contributed by atoms with Crippen molar-refractivity contribution in [3.05, 3.63) is 118 Å². The van der Waals surface area contributed by atoms with Gasteiger partial charge in [0.1, 0.15) is 0 Å². The summed E-state index contributed by atoms with van der Waals surface area (Å²) in [5.41, 5.74) is 1.17. The zero-order valence-electron chi connectivity index (χ0n) is 30.8. The van der Waals surface area contributed by atoms with Gasteiger partial charge in [-0.25, -0.2) is 0 Å². The fourth-order valence-electron chi connectivity index (χ4n) is 6.11. The van der Waals surface area contributed by atoms with E-state index in [9.17, 15) is 9.59 Å². The van der Waals surface area contributed by atoms with Crippen LogP contribution in [0.5, 0.6) is 11.5 Å². The summed E-state index contributed by atoms with van der Waals surface area (Å²) >= 11 is 0.00464. The quantitative estimate of drug-likeness (QED) is 0.114. The summed E-state index contributed by atoms with van der Waals surface area (Å²) < 4.78 is 34.0. The van der Waals surface area contributed by atoms with Gasteiger partial charge < -0.3 is 0 Å². The number of carbonyl (C=O) groups excluding carboxylic acids is 1. The van der Waals surface area contributed by atoms with Gasteiger partial charge in [-0.3, -0.25) is 0 Å². The molecule has 1 fully saturated rings. The molecule has 1 saturated heterocycles. The Labute approximate surface area is 308 Å². The average molecular weight is 779 g/mol. The maximum absolute atomic E-state index is 13.4. The predicted molar refractivity (Wildman–Crippen MR) is 202 cm³/mol. The topological polar surface area (TPSA) is 110 Å². The third kappa shape index (κ3) is 8.17. The zero-order chi connectivity index (χ0) is 37.0. The second-order valence-corrected chi connectivity index (χ2v) is 21.0. The van der Waals surface area contributed by atoms with E-state index in [4.69, 9.17) is 23.4 Å². The van der Waals surface area contributed by atoms with Crippen LogP contribution in [0.4, 0.5) is 5.82 Å². The Morgan fingerprint density at radius 1 is 0.902 bits per heavy atom. The molecule has 5 rings (SSSR count). The molecule has 1 amide bonds. The second kappa shape index (κ2) is 15.9. The third-order valence-electron chi connectivity index (χ3n) is 9.84. The number of amides is 1. The number of anilines is 1. The van der Waals surface area contributed by atoms with Crippen LogP contribution >= 0.6 is 0 Å². The van der Waals surface area contributed by atoms with Crippen LogP contribution in [0.15, 0.2) is 95.9 Å². The molecule has 1 N–H and O–H groups in total. The van der Waals surface area contributed by atoms with Gasteiger partial charge in [0.25, 0.3) is 0 Å². The van der Waals surface area contributed by atoms with Crippen LogP contribution in [-0.2, 0) is 24.3 Å². The van der Waals surface area contributed by atoms with Gasteiger partial charge in [-0.2, -0.15) is 0 Å². The van der Waals surface area contributed by atoms with Crippen LogP contribution < -0.4 is 20.5 Å². The summed E-state index contributed by atoms with van der Waals surface area (Å²) in [5.74, 6) is 3.50. The summed E-state index contributed by atoms with van der Waals surface area (Å²) in [7, 11) is 0.964. The molecule has 10 nitrogen and oxygen atoms in total. The van der Waals surface area contributed by atoms with Gasteiger partial charge in [0.15, 0.2) is 0 Å². The molecule has 12 heteroatoms. The van der Waals surface area contributed by atoms with Gasteiger partial charge >= 0.3 is 309 Å². The normalized spacial score (nSPS) is 19.5. The average Bonchev–Trinajstić information content (AvgIpc) is 3.44. The van der Waals surface area contributed by atoms with Gasteiger partial charge in [0.05, 0.1) is 0 Å². The van der Waals surface area contributed by atoms with E-state index in [1.165, 1.54) is 11.5 Å². The first-order valence-electron chi connectivity index (χ1n) is 17.0. The van der Waals surface area contributed by atoms with Crippen LogP contribution in [-0.4, -0.2) is 71.8 Å². The number of hydrogen-bond acceptors (Lipinski definition) is 8. The van der Waals surface area contributed by atoms with Crippen LogP contribution in [0.3, 0.4) is 0 Å². The molecule has 4 atom stereocenters. The molecule has 0 unspecified atom stereocenters. The molecule has 1 aliphatic heterocycles. The molecule has 0 saturated carbocycles. The molecule has 0 spiro atoms. The van der Waals surface area contributed by atoms with Crippen molar-refractivity contribution >= 4 is 35.0 Å². The Bertz CT molecular complexity index is 1780. The van der Waals surface area contributed by atoms with Gasteiger partial charge in [0.2, 0.25) is 0 Å². The van der Waals surface area contributed by atoms with E-state index < -0.39 is 31.9 Å². The van der Waals surface area contributed by atoms with Gasteiger partial charge in [-0.15, -0.1) is 0 Å². The first-order valence-corrected chi connectivity index (χ1v) is 22.6. The second-order valence-electron chi connectivity index (χ2n) is 14.1. The molecule has 3 aromatic carbocycles. The van der Waals surface area contributed by atoms with Crippen molar-refractivity contribution in [2.24, 2.45) is 0 Å². The summed E-state index contributed by atoms with van der Waals surface area (Å²) in [6.07, 6.45) is 0.109. The number of hydrogen-bond donors (Lipinski definition) is 1. The van der Waals surface area contributed by atoms with Crippen molar-refractivity contribution in [1.82, 2.24) is 9.55 Å². The first-order chi connectivity index (χ1) is 24.2. The molecular weight excluding hydrogens is 729 g/mol. The van der Waals surface area contributed by atoms with Crippen LogP contribution in [0.25, 0.3) is 0 Å². The van der Waals surface area contributed by atoms with Crippen molar-refractivity contribution in [3.63, 3.8) is 0 Å². The van der Waals surface area contributed by atoms with Crippen molar-refractivity contribution in [1.29, 1.82) is 0 Å². The number of ether oxygens (including phenoxy) is 4. The number of nitrogens with one attached hydrogen (secondary N) is 1. The van der Waals surface area contributed by atoms with E-state index in [2.05, 4.69) is 62.1 Å². The molecule has 272 valence electrons. The van der Waals surface area contributed by atoms with E-state index in [0.29, 0.717) is 0 Å². The number of nitrogens with zero attached hydrogens (tertiary/aromatic N) is 2. The molecule has 51 heavy (non-hydrogen) atoms. The van der Waals surface area contributed by atoms with E-state index >= 15 is 0 Å². The van der Waals surface area contributed by atoms with Gasteiger partial charge in [-0.05, 0) is 0 Å².